The van der Waals surface area contributed by atoms with Gasteiger partial charge in [0.1, 0.15) is 5.60 Å². The van der Waals surface area contributed by atoms with Gasteiger partial charge in [-0.15, -0.1) is 0 Å². The van der Waals surface area contributed by atoms with Gasteiger partial charge in [0, 0.05) is 33.7 Å². The Morgan fingerprint density at radius 2 is 2.22 bits per heavy atom. The van der Waals surface area contributed by atoms with E-state index in [2.05, 4.69) is 20.3 Å². The van der Waals surface area contributed by atoms with Crippen LogP contribution >= 0.6 is 0 Å². The first-order valence-electron chi connectivity index (χ1n) is 5.71. The minimum Gasteiger partial charge on any atom is -0.386 e. The number of nitrogen functional groups attached to an aromatic ring is 1. The summed E-state index contributed by atoms with van der Waals surface area (Å²) in [5.74, 6) is 0.969. The number of ether oxygens (including phenoxy) is 1. The minimum absolute atomic E-state index is 0.144. The number of anilines is 3. The van der Waals surface area contributed by atoms with Crippen LogP contribution in [0.25, 0.3) is 0 Å². The predicted molar refractivity (Wildman–Crippen MR) is 67.4 cm³/mol. The SMILES string of the molecule is CN(C)c1nc(N)nc(NCC2(O)CCOC2)n1. The molecular weight excluding hydrogens is 236 g/mol. The van der Waals surface area contributed by atoms with Crippen LogP contribution in [0.4, 0.5) is 17.8 Å². The van der Waals surface area contributed by atoms with Crippen molar-refractivity contribution in [2.45, 2.75) is 12.0 Å². The summed E-state index contributed by atoms with van der Waals surface area (Å²) in [4.78, 5) is 13.9. The van der Waals surface area contributed by atoms with Crippen LogP contribution in [-0.4, -0.2) is 59.5 Å². The first kappa shape index (κ1) is 12.8. The molecule has 18 heavy (non-hydrogen) atoms. The number of nitrogens with one attached hydrogen (secondary N) is 1. The second-order valence-electron chi connectivity index (χ2n) is 4.59. The summed E-state index contributed by atoms with van der Waals surface area (Å²) >= 11 is 0. The van der Waals surface area contributed by atoms with E-state index < -0.39 is 5.60 Å². The number of nitrogens with two attached hydrogens (primary N) is 1. The van der Waals surface area contributed by atoms with Gasteiger partial charge in [0.15, 0.2) is 0 Å². The van der Waals surface area contributed by atoms with E-state index >= 15 is 0 Å². The van der Waals surface area contributed by atoms with E-state index in [0.29, 0.717) is 38.1 Å². The molecule has 0 aliphatic carbocycles. The average molecular weight is 254 g/mol. The minimum atomic E-state index is -0.861. The maximum atomic E-state index is 10.1. The summed E-state index contributed by atoms with van der Waals surface area (Å²) in [5, 5.41) is 13.1. The highest BCUT2D eigenvalue weighted by molar-refractivity contribution is 5.40. The van der Waals surface area contributed by atoms with E-state index in [0.717, 1.165) is 0 Å². The van der Waals surface area contributed by atoms with Crippen molar-refractivity contribution in [1.29, 1.82) is 0 Å². The fourth-order valence-corrected chi connectivity index (χ4v) is 1.64. The van der Waals surface area contributed by atoms with Gasteiger partial charge >= 0.3 is 0 Å². The highest BCUT2D eigenvalue weighted by Crippen LogP contribution is 2.19. The second kappa shape index (κ2) is 4.91. The number of rotatable bonds is 4. The van der Waals surface area contributed by atoms with Crippen LogP contribution in [0.2, 0.25) is 0 Å². The molecule has 0 bridgehead atoms. The first-order valence-corrected chi connectivity index (χ1v) is 5.71. The number of hydrogen-bond donors (Lipinski definition) is 3. The Morgan fingerprint density at radius 1 is 1.44 bits per heavy atom. The van der Waals surface area contributed by atoms with Crippen molar-refractivity contribution in [2.24, 2.45) is 0 Å². The molecule has 2 rings (SSSR count). The molecule has 4 N–H and O–H groups in total. The third-order valence-electron chi connectivity index (χ3n) is 2.70. The molecule has 1 aromatic heterocycles. The molecule has 8 heteroatoms. The van der Waals surface area contributed by atoms with Gasteiger partial charge < -0.3 is 25.8 Å². The summed E-state index contributed by atoms with van der Waals surface area (Å²) < 4.78 is 5.16. The molecule has 8 nitrogen and oxygen atoms in total. The van der Waals surface area contributed by atoms with Crippen molar-refractivity contribution in [2.75, 3.05) is 49.8 Å². The highest BCUT2D eigenvalue weighted by Gasteiger charge is 2.32. The molecule has 0 aromatic carbocycles. The molecule has 0 amide bonds. The summed E-state index contributed by atoms with van der Waals surface area (Å²) in [6, 6.07) is 0. The van der Waals surface area contributed by atoms with Crippen LogP contribution in [0.15, 0.2) is 0 Å². The molecule has 1 fully saturated rings. The topological polar surface area (TPSA) is 109 Å². The van der Waals surface area contributed by atoms with Crippen LogP contribution < -0.4 is 16.0 Å². The Kier molecular flexibility index (Phi) is 3.48. The molecule has 0 saturated carbocycles. The van der Waals surface area contributed by atoms with Gasteiger partial charge in [-0.25, -0.2) is 0 Å². The van der Waals surface area contributed by atoms with Gasteiger partial charge in [-0.05, 0) is 0 Å². The fraction of sp³-hybridized carbons (Fsp3) is 0.700. The number of nitrogens with zero attached hydrogens (tertiary/aromatic N) is 4. The third-order valence-corrected chi connectivity index (χ3v) is 2.70. The zero-order valence-electron chi connectivity index (χ0n) is 10.6. The lowest BCUT2D eigenvalue weighted by molar-refractivity contribution is 0.0380. The average Bonchev–Trinajstić information content (AvgIpc) is 2.73. The Labute approximate surface area is 105 Å². The Balaban J connectivity index is 2.04. The van der Waals surface area contributed by atoms with Crippen molar-refractivity contribution in [3.8, 4) is 0 Å². The number of aliphatic hydroxyl groups is 1. The summed E-state index contributed by atoms with van der Waals surface area (Å²) in [6.07, 6.45) is 0.598. The molecule has 1 aliphatic heterocycles. The molecule has 0 spiro atoms. The lowest BCUT2D eigenvalue weighted by Gasteiger charge is -2.21. The van der Waals surface area contributed by atoms with Crippen LogP contribution in [-0.2, 0) is 4.74 Å². The van der Waals surface area contributed by atoms with Gasteiger partial charge in [0.25, 0.3) is 0 Å². The molecule has 1 aliphatic rings. The number of hydrogen-bond acceptors (Lipinski definition) is 8. The zero-order chi connectivity index (χ0) is 13.2. The van der Waals surface area contributed by atoms with Crippen molar-refractivity contribution >= 4 is 17.8 Å². The van der Waals surface area contributed by atoms with Crippen LogP contribution in [0.5, 0.6) is 0 Å². The quantitative estimate of drug-likeness (QED) is 0.633. The normalized spacial score (nSPS) is 23.1. The molecule has 2 heterocycles. The van der Waals surface area contributed by atoms with E-state index in [1.807, 2.05) is 14.1 Å². The molecule has 1 saturated heterocycles. The maximum absolute atomic E-state index is 10.1. The number of aromatic nitrogens is 3. The van der Waals surface area contributed by atoms with E-state index in [9.17, 15) is 5.11 Å². The summed E-state index contributed by atoms with van der Waals surface area (Å²) in [6.45, 7) is 1.21. The largest absolute Gasteiger partial charge is 0.386 e. The smallest absolute Gasteiger partial charge is 0.231 e. The Hall–Kier alpha value is -1.67. The lowest BCUT2D eigenvalue weighted by Crippen LogP contribution is -2.37. The first-order chi connectivity index (χ1) is 8.48. The van der Waals surface area contributed by atoms with Crippen LogP contribution in [0.1, 0.15) is 6.42 Å². The van der Waals surface area contributed by atoms with Gasteiger partial charge in [0.2, 0.25) is 17.8 Å². The van der Waals surface area contributed by atoms with E-state index in [1.54, 1.807) is 4.90 Å². The fourth-order valence-electron chi connectivity index (χ4n) is 1.64. The molecule has 1 unspecified atom stereocenters. The molecule has 100 valence electrons. The van der Waals surface area contributed by atoms with E-state index in [1.165, 1.54) is 0 Å². The van der Waals surface area contributed by atoms with Gasteiger partial charge in [-0.3, -0.25) is 0 Å². The van der Waals surface area contributed by atoms with Gasteiger partial charge in [-0.1, -0.05) is 0 Å². The molecule has 1 atom stereocenters. The van der Waals surface area contributed by atoms with Crippen molar-refractivity contribution in [1.82, 2.24) is 15.0 Å². The maximum Gasteiger partial charge on any atom is 0.231 e. The summed E-state index contributed by atoms with van der Waals surface area (Å²) in [5.41, 5.74) is 4.74. The van der Waals surface area contributed by atoms with E-state index in [-0.39, 0.29) is 5.95 Å². The Morgan fingerprint density at radius 3 is 2.83 bits per heavy atom. The predicted octanol–water partition coefficient (Wildman–Crippen LogP) is -0.917. The van der Waals surface area contributed by atoms with Crippen LogP contribution in [0, 0.1) is 0 Å². The van der Waals surface area contributed by atoms with Crippen molar-refractivity contribution in [3.05, 3.63) is 0 Å². The standard InChI is InChI=1S/C10H18N6O2/c1-16(2)9-14-7(11)13-8(15-9)12-5-10(17)3-4-18-6-10/h17H,3-6H2,1-2H3,(H3,11,12,13,14,15). The molecule has 1 aromatic rings. The third kappa shape index (κ3) is 2.96. The Bertz CT molecular complexity index is 419. The van der Waals surface area contributed by atoms with Gasteiger partial charge in [-0.2, -0.15) is 15.0 Å². The van der Waals surface area contributed by atoms with Crippen molar-refractivity contribution < 1.29 is 9.84 Å². The van der Waals surface area contributed by atoms with Crippen molar-refractivity contribution in [3.63, 3.8) is 0 Å². The monoisotopic (exact) mass is 254 g/mol. The molecule has 0 radical (unpaired) electrons. The summed E-state index contributed by atoms with van der Waals surface area (Å²) in [7, 11) is 3.63. The zero-order valence-corrected chi connectivity index (χ0v) is 10.6. The van der Waals surface area contributed by atoms with Crippen LogP contribution in [0.3, 0.4) is 0 Å². The second-order valence-corrected chi connectivity index (χ2v) is 4.59. The van der Waals surface area contributed by atoms with E-state index in [4.69, 9.17) is 10.5 Å². The molecular formula is C10H18N6O2. The van der Waals surface area contributed by atoms with Gasteiger partial charge in [0.05, 0.1) is 6.61 Å². The highest BCUT2D eigenvalue weighted by atomic mass is 16.5. The lowest BCUT2D eigenvalue weighted by atomic mass is 10.0.